The number of urea groups is 1. The molecule has 144 valence electrons. The second-order valence-corrected chi connectivity index (χ2v) is 6.73. The van der Waals surface area contributed by atoms with Crippen molar-refractivity contribution in [3.63, 3.8) is 0 Å². The number of hydrogen-bond acceptors (Lipinski definition) is 6. The van der Waals surface area contributed by atoms with Gasteiger partial charge in [0.15, 0.2) is 5.84 Å². The highest BCUT2D eigenvalue weighted by Gasteiger charge is 2.49. The molecule has 0 unspecified atom stereocenters. The van der Waals surface area contributed by atoms with E-state index >= 15 is 0 Å². The van der Waals surface area contributed by atoms with Crippen molar-refractivity contribution in [2.24, 2.45) is 5.16 Å². The Labute approximate surface area is 161 Å². The van der Waals surface area contributed by atoms with Gasteiger partial charge in [0.05, 0.1) is 4.92 Å². The van der Waals surface area contributed by atoms with Crippen molar-refractivity contribution in [2.45, 2.75) is 31.4 Å². The molecule has 28 heavy (non-hydrogen) atoms. The van der Waals surface area contributed by atoms with Crippen molar-refractivity contribution >= 4 is 23.2 Å². The fraction of sp³-hybridized carbons (Fsp3) is 0.263. The Morgan fingerprint density at radius 1 is 1.11 bits per heavy atom. The molecule has 1 aliphatic heterocycles. The molecule has 1 fully saturated rings. The van der Waals surface area contributed by atoms with E-state index in [0.29, 0.717) is 17.1 Å². The van der Waals surface area contributed by atoms with Crippen LogP contribution in [-0.4, -0.2) is 27.5 Å². The number of carbonyl (C=O) groups is 1. The van der Waals surface area contributed by atoms with Crippen LogP contribution in [0.5, 0.6) is 0 Å². The Morgan fingerprint density at radius 2 is 1.79 bits per heavy atom. The average molecular weight is 381 g/mol. The number of para-hydroxylation sites is 1. The number of oxime groups is 1. The molecule has 1 heterocycles. The van der Waals surface area contributed by atoms with Crippen LogP contribution in [0.15, 0.2) is 59.8 Å². The summed E-state index contributed by atoms with van der Waals surface area (Å²) in [6.07, 6.45) is 3.36. The summed E-state index contributed by atoms with van der Waals surface area (Å²) in [6.45, 7) is 0. The highest BCUT2D eigenvalue weighted by atomic mass is 16.7. The third-order valence-electron chi connectivity index (χ3n) is 4.89. The van der Waals surface area contributed by atoms with E-state index in [1.807, 2.05) is 18.2 Å². The number of non-ortho nitro benzene ring substituents is 1. The highest BCUT2D eigenvalue weighted by Crippen LogP contribution is 2.40. The van der Waals surface area contributed by atoms with E-state index < -0.39 is 16.7 Å². The van der Waals surface area contributed by atoms with Crippen molar-refractivity contribution < 1.29 is 14.6 Å². The average Bonchev–Trinajstić information content (AvgIpc) is 3.31. The second kappa shape index (κ2) is 7.18. The van der Waals surface area contributed by atoms with E-state index in [1.54, 1.807) is 29.3 Å². The number of hydrogen-bond donors (Lipinski definition) is 2. The summed E-state index contributed by atoms with van der Waals surface area (Å²) < 4.78 is 0. The summed E-state index contributed by atoms with van der Waals surface area (Å²) in [7, 11) is 0. The summed E-state index contributed by atoms with van der Waals surface area (Å²) in [5.41, 5.74) is 3.38. The third-order valence-corrected chi connectivity index (χ3v) is 4.89. The normalized spacial score (nSPS) is 17.1. The van der Waals surface area contributed by atoms with E-state index in [1.165, 1.54) is 12.1 Å². The minimum absolute atomic E-state index is 0.0137. The maximum atomic E-state index is 12.6. The van der Waals surface area contributed by atoms with Gasteiger partial charge in [0, 0.05) is 36.2 Å². The van der Waals surface area contributed by atoms with Gasteiger partial charge < -0.3 is 10.2 Å². The van der Waals surface area contributed by atoms with E-state index in [9.17, 15) is 14.9 Å². The van der Waals surface area contributed by atoms with Gasteiger partial charge >= 0.3 is 6.03 Å². The smallest absolute Gasteiger partial charge is 0.338 e. The van der Waals surface area contributed by atoms with Crippen molar-refractivity contribution in [1.29, 1.82) is 0 Å². The fourth-order valence-corrected chi connectivity index (χ4v) is 3.50. The first-order chi connectivity index (χ1) is 13.6. The standard InChI is InChI=1S/C19H19N5O4/c25-18(20-15-6-2-1-3-7-15)21-23-17(22-28-19(23)12-4-5-13-19)14-8-10-16(11-9-14)24(26)27/h1-3,6-11H,4-5,12-13H2,(H2,20,21,25). The number of nitro groups is 1. The van der Waals surface area contributed by atoms with Gasteiger partial charge in [-0.05, 0) is 37.1 Å². The minimum atomic E-state index is -0.731. The Kier molecular flexibility index (Phi) is 4.56. The van der Waals surface area contributed by atoms with Crippen LogP contribution >= 0.6 is 0 Å². The number of nitrogens with zero attached hydrogens (tertiary/aromatic N) is 3. The molecule has 2 aliphatic rings. The minimum Gasteiger partial charge on any atom is -0.363 e. The molecule has 1 spiro atoms. The van der Waals surface area contributed by atoms with Crippen molar-refractivity contribution in [3.8, 4) is 0 Å². The number of anilines is 1. The first kappa shape index (κ1) is 17.8. The van der Waals surface area contributed by atoms with Gasteiger partial charge in [-0.15, -0.1) is 0 Å². The maximum absolute atomic E-state index is 12.6. The number of amides is 2. The summed E-state index contributed by atoms with van der Waals surface area (Å²) in [6, 6.07) is 14.7. The van der Waals surface area contributed by atoms with Crippen LogP contribution in [0, 0.1) is 10.1 Å². The fourth-order valence-electron chi connectivity index (χ4n) is 3.50. The molecule has 0 saturated heterocycles. The van der Waals surface area contributed by atoms with Crippen LogP contribution in [0.1, 0.15) is 31.2 Å². The Bertz CT molecular complexity index is 908. The highest BCUT2D eigenvalue weighted by molar-refractivity contribution is 6.01. The lowest BCUT2D eigenvalue weighted by molar-refractivity contribution is -0.384. The monoisotopic (exact) mass is 381 g/mol. The number of benzene rings is 2. The number of carbonyl (C=O) groups excluding carboxylic acids is 1. The lowest BCUT2D eigenvalue weighted by atomic mass is 10.1. The number of rotatable bonds is 4. The van der Waals surface area contributed by atoms with Crippen LogP contribution < -0.4 is 10.7 Å². The molecular formula is C19H19N5O4. The number of hydrazine groups is 1. The molecule has 9 nitrogen and oxygen atoms in total. The van der Waals surface area contributed by atoms with E-state index in [2.05, 4.69) is 15.9 Å². The van der Waals surface area contributed by atoms with Crippen LogP contribution in [0.25, 0.3) is 0 Å². The molecular weight excluding hydrogens is 362 g/mol. The second-order valence-electron chi connectivity index (χ2n) is 6.73. The van der Waals surface area contributed by atoms with Gasteiger partial charge in [0.2, 0.25) is 5.72 Å². The lowest BCUT2D eigenvalue weighted by Gasteiger charge is -2.33. The van der Waals surface area contributed by atoms with Crippen molar-refractivity contribution in [3.05, 3.63) is 70.3 Å². The third kappa shape index (κ3) is 3.34. The van der Waals surface area contributed by atoms with Gasteiger partial charge in [-0.1, -0.05) is 23.4 Å². The van der Waals surface area contributed by atoms with Gasteiger partial charge in [-0.25, -0.2) is 15.2 Å². The molecule has 2 aromatic carbocycles. The topological polar surface area (TPSA) is 109 Å². The number of nitro benzene ring substituents is 1. The molecule has 4 rings (SSSR count). The van der Waals surface area contributed by atoms with E-state index in [0.717, 1.165) is 25.7 Å². The number of nitrogens with one attached hydrogen (secondary N) is 2. The predicted molar refractivity (Wildman–Crippen MR) is 102 cm³/mol. The zero-order valence-corrected chi connectivity index (χ0v) is 15.0. The molecule has 0 bridgehead atoms. The molecule has 2 amide bonds. The summed E-state index contributed by atoms with van der Waals surface area (Å²) in [4.78, 5) is 28.7. The molecule has 1 saturated carbocycles. The predicted octanol–water partition coefficient (Wildman–Crippen LogP) is 3.60. The van der Waals surface area contributed by atoms with E-state index in [4.69, 9.17) is 4.84 Å². The first-order valence-corrected chi connectivity index (χ1v) is 9.01. The molecule has 0 atom stereocenters. The summed E-state index contributed by atoms with van der Waals surface area (Å²) in [5.74, 6) is 0.417. The van der Waals surface area contributed by atoms with Crippen molar-refractivity contribution in [2.75, 3.05) is 5.32 Å². The summed E-state index contributed by atoms with van der Waals surface area (Å²) >= 11 is 0. The molecule has 9 heteroatoms. The first-order valence-electron chi connectivity index (χ1n) is 9.01. The molecule has 0 radical (unpaired) electrons. The van der Waals surface area contributed by atoms with Crippen LogP contribution in [0.2, 0.25) is 0 Å². The Balaban J connectivity index is 1.57. The zero-order valence-electron chi connectivity index (χ0n) is 15.0. The van der Waals surface area contributed by atoms with Gasteiger partial charge in [-0.3, -0.25) is 10.1 Å². The summed E-state index contributed by atoms with van der Waals surface area (Å²) in [5, 5.41) is 19.5. The van der Waals surface area contributed by atoms with Gasteiger partial charge in [0.25, 0.3) is 5.69 Å². The van der Waals surface area contributed by atoms with Gasteiger partial charge in [-0.2, -0.15) is 0 Å². The quantitative estimate of drug-likeness (QED) is 0.621. The molecule has 2 aromatic rings. The molecule has 2 N–H and O–H groups in total. The largest absolute Gasteiger partial charge is 0.363 e. The molecule has 1 aliphatic carbocycles. The van der Waals surface area contributed by atoms with Crippen LogP contribution in [-0.2, 0) is 4.84 Å². The Hall–Kier alpha value is -3.62. The van der Waals surface area contributed by atoms with E-state index in [-0.39, 0.29) is 5.69 Å². The van der Waals surface area contributed by atoms with Crippen LogP contribution in [0.4, 0.5) is 16.2 Å². The Morgan fingerprint density at radius 3 is 2.43 bits per heavy atom. The molecule has 0 aromatic heterocycles. The van der Waals surface area contributed by atoms with Crippen LogP contribution in [0.3, 0.4) is 0 Å². The maximum Gasteiger partial charge on any atom is 0.338 e. The zero-order chi connectivity index (χ0) is 19.6. The lowest BCUT2D eigenvalue weighted by Crippen LogP contribution is -2.57. The van der Waals surface area contributed by atoms with Crippen molar-refractivity contribution in [1.82, 2.24) is 10.4 Å². The number of amidine groups is 1. The SMILES string of the molecule is O=C(Nc1ccccc1)NN1C(c2ccc([N+](=O)[O-])cc2)=NOC12CCCC2. The van der Waals surface area contributed by atoms with Gasteiger partial charge in [0.1, 0.15) is 0 Å².